The molecule has 0 saturated carbocycles. The molecular weight excluding hydrogens is 336 g/mol. The number of ether oxygens (including phenoxy) is 1. The zero-order chi connectivity index (χ0) is 19.1. The predicted octanol–water partition coefficient (Wildman–Crippen LogP) is 4.04. The van der Waals surface area contributed by atoms with Gasteiger partial charge in [0.15, 0.2) is 6.10 Å². The van der Waals surface area contributed by atoms with Crippen LogP contribution < -0.4 is 0 Å². The standard InChI is InChI=1S/C23H34N2O2/c1-3-24-16-10-15-21(24)18-25(17-19-11-6-4-7-12-19)23(26)22(27-2)20-13-8-5-9-14-20/h4-6,8-9,13-14,19,21-22H,3,7,10-12,15-18H2,1-2H3. The van der Waals surface area contributed by atoms with Crippen molar-refractivity contribution >= 4 is 5.91 Å². The lowest BCUT2D eigenvalue weighted by atomic mass is 9.93. The van der Waals surface area contributed by atoms with Crippen LogP contribution in [0.4, 0.5) is 0 Å². The first kappa shape index (κ1) is 20.1. The molecule has 4 nitrogen and oxygen atoms in total. The molecule has 0 radical (unpaired) electrons. The Kier molecular flexibility index (Phi) is 7.48. The molecule has 1 aliphatic heterocycles. The zero-order valence-corrected chi connectivity index (χ0v) is 16.8. The smallest absolute Gasteiger partial charge is 0.256 e. The van der Waals surface area contributed by atoms with Crippen LogP contribution in [0.25, 0.3) is 0 Å². The van der Waals surface area contributed by atoms with E-state index in [0.717, 1.165) is 44.6 Å². The van der Waals surface area contributed by atoms with Crippen molar-refractivity contribution in [2.75, 3.05) is 33.3 Å². The first-order valence-electron chi connectivity index (χ1n) is 10.5. The van der Waals surface area contributed by atoms with Gasteiger partial charge in [0.25, 0.3) is 5.91 Å². The van der Waals surface area contributed by atoms with Crippen molar-refractivity contribution in [3.05, 3.63) is 48.0 Å². The highest BCUT2D eigenvalue weighted by Crippen LogP contribution is 2.26. The van der Waals surface area contributed by atoms with E-state index in [1.165, 1.54) is 19.3 Å². The van der Waals surface area contributed by atoms with Gasteiger partial charge in [-0.1, -0.05) is 49.4 Å². The van der Waals surface area contributed by atoms with Gasteiger partial charge in [0.2, 0.25) is 0 Å². The minimum absolute atomic E-state index is 0.112. The highest BCUT2D eigenvalue weighted by Gasteiger charge is 2.32. The Morgan fingerprint density at radius 1 is 1.22 bits per heavy atom. The van der Waals surface area contributed by atoms with E-state index in [4.69, 9.17) is 4.74 Å². The van der Waals surface area contributed by atoms with Crippen LogP contribution in [-0.4, -0.2) is 55.0 Å². The van der Waals surface area contributed by atoms with Gasteiger partial charge in [-0.2, -0.15) is 0 Å². The van der Waals surface area contributed by atoms with Gasteiger partial charge in [0, 0.05) is 26.2 Å². The summed E-state index contributed by atoms with van der Waals surface area (Å²) >= 11 is 0. The van der Waals surface area contributed by atoms with Crippen molar-refractivity contribution in [1.29, 1.82) is 0 Å². The third kappa shape index (κ3) is 5.20. The second-order valence-corrected chi connectivity index (χ2v) is 7.84. The average Bonchev–Trinajstić information content (AvgIpc) is 3.17. The van der Waals surface area contributed by atoms with Crippen LogP contribution in [-0.2, 0) is 9.53 Å². The van der Waals surface area contributed by atoms with Crippen molar-refractivity contribution < 1.29 is 9.53 Å². The maximum absolute atomic E-state index is 13.5. The van der Waals surface area contributed by atoms with Crippen molar-refractivity contribution in [2.45, 2.75) is 51.2 Å². The molecule has 1 aliphatic carbocycles. The molecule has 2 aliphatic rings. The monoisotopic (exact) mass is 370 g/mol. The minimum atomic E-state index is -0.512. The van der Waals surface area contributed by atoms with E-state index in [9.17, 15) is 4.79 Å². The Hall–Kier alpha value is -1.65. The molecule has 0 spiro atoms. The van der Waals surface area contributed by atoms with E-state index in [0.29, 0.717) is 12.0 Å². The van der Waals surface area contributed by atoms with Gasteiger partial charge in [-0.05, 0) is 56.7 Å². The topological polar surface area (TPSA) is 32.8 Å². The normalized spacial score (nSPS) is 24.1. The number of likely N-dealkylation sites (N-methyl/N-ethyl adjacent to an activating group) is 1. The van der Waals surface area contributed by atoms with Crippen molar-refractivity contribution in [3.8, 4) is 0 Å². The fourth-order valence-electron chi connectivity index (χ4n) is 4.53. The molecule has 3 rings (SSSR count). The van der Waals surface area contributed by atoms with Crippen molar-refractivity contribution in [2.24, 2.45) is 5.92 Å². The molecule has 1 aromatic carbocycles. The molecule has 1 aromatic rings. The van der Waals surface area contributed by atoms with Crippen molar-refractivity contribution in [1.82, 2.24) is 9.80 Å². The van der Waals surface area contributed by atoms with Gasteiger partial charge in [-0.3, -0.25) is 9.69 Å². The molecule has 0 aromatic heterocycles. The molecule has 1 saturated heterocycles. The summed E-state index contributed by atoms with van der Waals surface area (Å²) in [6, 6.07) is 10.4. The third-order valence-corrected chi connectivity index (χ3v) is 6.07. The largest absolute Gasteiger partial charge is 0.367 e. The number of amides is 1. The summed E-state index contributed by atoms with van der Waals surface area (Å²) in [5, 5.41) is 0. The van der Waals surface area contributed by atoms with Crippen LogP contribution in [0, 0.1) is 5.92 Å². The molecule has 1 amide bonds. The van der Waals surface area contributed by atoms with E-state index in [1.54, 1.807) is 7.11 Å². The molecular formula is C23H34N2O2. The molecule has 0 N–H and O–H groups in total. The minimum Gasteiger partial charge on any atom is -0.367 e. The van der Waals surface area contributed by atoms with Crippen LogP contribution >= 0.6 is 0 Å². The number of rotatable bonds is 8. The Morgan fingerprint density at radius 3 is 2.70 bits per heavy atom. The maximum atomic E-state index is 13.5. The van der Waals surface area contributed by atoms with E-state index < -0.39 is 6.10 Å². The number of hydrogen-bond donors (Lipinski definition) is 0. The second-order valence-electron chi connectivity index (χ2n) is 7.84. The quantitative estimate of drug-likeness (QED) is 0.648. The third-order valence-electron chi connectivity index (χ3n) is 6.07. The summed E-state index contributed by atoms with van der Waals surface area (Å²) in [5.74, 6) is 0.671. The number of hydrogen-bond acceptors (Lipinski definition) is 3. The number of benzene rings is 1. The van der Waals surface area contributed by atoms with Crippen LogP contribution in [0.15, 0.2) is 42.5 Å². The fraction of sp³-hybridized carbons (Fsp3) is 0.609. The number of carbonyl (C=O) groups excluding carboxylic acids is 1. The molecule has 1 heterocycles. The van der Waals surface area contributed by atoms with Gasteiger partial charge in [-0.15, -0.1) is 0 Å². The lowest BCUT2D eigenvalue weighted by Gasteiger charge is -2.35. The van der Waals surface area contributed by atoms with Gasteiger partial charge >= 0.3 is 0 Å². The predicted molar refractivity (Wildman–Crippen MR) is 110 cm³/mol. The lowest BCUT2D eigenvalue weighted by Crippen LogP contribution is -2.46. The molecule has 3 atom stereocenters. The van der Waals surface area contributed by atoms with Crippen LogP contribution in [0.3, 0.4) is 0 Å². The molecule has 3 unspecified atom stereocenters. The van der Waals surface area contributed by atoms with E-state index in [2.05, 4.69) is 28.9 Å². The number of nitrogens with zero attached hydrogens (tertiary/aromatic N) is 2. The molecule has 4 heteroatoms. The first-order valence-corrected chi connectivity index (χ1v) is 10.5. The summed E-state index contributed by atoms with van der Waals surface area (Å²) in [7, 11) is 1.64. The number of methoxy groups -OCH3 is 1. The highest BCUT2D eigenvalue weighted by molar-refractivity contribution is 5.82. The highest BCUT2D eigenvalue weighted by atomic mass is 16.5. The van der Waals surface area contributed by atoms with Crippen LogP contribution in [0.5, 0.6) is 0 Å². The SMILES string of the molecule is CCN1CCCC1CN(CC1CC=CCC1)C(=O)C(OC)c1ccccc1. The summed E-state index contributed by atoms with van der Waals surface area (Å²) in [6.45, 7) is 6.09. The summed E-state index contributed by atoms with van der Waals surface area (Å²) in [5.41, 5.74) is 0.942. The van der Waals surface area contributed by atoms with Gasteiger partial charge < -0.3 is 9.64 Å². The Morgan fingerprint density at radius 2 is 2.04 bits per heavy atom. The summed E-state index contributed by atoms with van der Waals surface area (Å²) < 4.78 is 5.67. The fourth-order valence-corrected chi connectivity index (χ4v) is 4.53. The molecule has 27 heavy (non-hydrogen) atoms. The number of likely N-dealkylation sites (tertiary alicyclic amines) is 1. The Bertz CT molecular complexity index is 616. The molecule has 0 bridgehead atoms. The number of carbonyl (C=O) groups is 1. The first-order chi connectivity index (χ1) is 13.2. The van der Waals surface area contributed by atoms with E-state index >= 15 is 0 Å². The maximum Gasteiger partial charge on any atom is 0.256 e. The van der Waals surface area contributed by atoms with Crippen LogP contribution in [0.1, 0.15) is 50.7 Å². The lowest BCUT2D eigenvalue weighted by molar-refractivity contribution is -0.144. The van der Waals surface area contributed by atoms with E-state index in [-0.39, 0.29) is 5.91 Å². The van der Waals surface area contributed by atoms with Gasteiger partial charge in [0.05, 0.1) is 0 Å². The average molecular weight is 371 g/mol. The summed E-state index contributed by atoms with van der Waals surface area (Å²) in [6.07, 6.45) is 9.83. The zero-order valence-electron chi connectivity index (χ0n) is 16.8. The second kappa shape index (κ2) is 10.0. The van der Waals surface area contributed by atoms with Gasteiger partial charge in [0.1, 0.15) is 0 Å². The molecule has 1 fully saturated rings. The Labute approximate surface area is 164 Å². The van der Waals surface area contributed by atoms with Gasteiger partial charge in [-0.25, -0.2) is 0 Å². The molecule has 148 valence electrons. The Balaban J connectivity index is 1.76. The van der Waals surface area contributed by atoms with E-state index in [1.807, 2.05) is 30.3 Å². The number of allylic oxidation sites excluding steroid dienone is 2. The van der Waals surface area contributed by atoms with Crippen LogP contribution in [0.2, 0.25) is 0 Å². The van der Waals surface area contributed by atoms with Crippen molar-refractivity contribution in [3.63, 3.8) is 0 Å². The summed E-state index contributed by atoms with van der Waals surface area (Å²) in [4.78, 5) is 18.1.